The maximum Gasteiger partial charge on any atom is 0.309 e. The van der Waals surface area contributed by atoms with E-state index in [9.17, 15) is 20.1 Å². The van der Waals surface area contributed by atoms with E-state index in [0.717, 1.165) is 0 Å². The number of hydrogen-bond donors (Lipinski definition) is 3. The van der Waals surface area contributed by atoms with Crippen LogP contribution in [-0.2, 0) is 4.79 Å². The van der Waals surface area contributed by atoms with Gasteiger partial charge in [0.15, 0.2) is 0 Å². The number of carbonyl (C=O) groups is 1. The van der Waals surface area contributed by atoms with Gasteiger partial charge in [-0.2, -0.15) is 0 Å². The van der Waals surface area contributed by atoms with Crippen LogP contribution in [0, 0.1) is 16.7 Å². The van der Waals surface area contributed by atoms with E-state index in [1.54, 1.807) is 19.1 Å². The highest BCUT2D eigenvalue weighted by Gasteiger charge is 2.58. The fourth-order valence-electron chi connectivity index (χ4n) is 3.58. The molecule has 1 aromatic rings. The first kappa shape index (κ1) is 16.0. The van der Waals surface area contributed by atoms with Gasteiger partial charge in [-0.3, -0.25) is 4.79 Å². The molecule has 0 unspecified atom stereocenters. The van der Waals surface area contributed by atoms with Gasteiger partial charge in [0.25, 0.3) is 0 Å². The van der Waals surface area contributed by atoms with Crippen molar-refractivity contribution in [1.82, 2.24) is 0 Å². The van der Waals surface area contributed by atoms with Gasteiger partial charge in [-0.25, -0.2) is 0 Å². The third-order valence-electron chi connectivity index (χ3n) is 5.65. The lowest BCUT2D eigenvalue weighted by Gasteiger charge is -2.41. The van der Waals surface area contributed by atoms with Gasteiger partial charge >= 0.3 is 5.97 Å². The maximum atomic E-state index is 11.6. The number of aliphatic hydroxyl groups excluding tert-OH is 2. The van der Waals surface area contributed by atoms with Gasteiger partial charge in [0, 0.05) is 0 Å². The Bertz CT molecular complexity index is 511. The number of carboxylic acid groups (broad SMARTS) is 1. The molecular formula is C17H24O4. The number of hydrogen-bond acceptors (Lipinski definition) is 3. The first-order chi connectivity index (χ1) is 9.72. The van der Waals surface area contributed by atoms with E-state index in [1.165, 1.54) is 0 Å². The second kappa shape index (κ2) is 5.43. The molecule has 4 heteroatoms. The fraction of sp³-hybridized carbons (Fsp3) is 0.588. The summed E-state index contributed by atoms with van der Waals surface area (Å²) in [5.74, 6) is -1.09. The molecule has 1 fully saturated rings. The molecule has 0 heterocycles. The Hall–Kier alpha value is -1.39. The Balaban J connectivity index is 2.25. The second-order valence-electron chi connectivity index (χ2n) is 6.85. The van der Waals surface area contributed by atoms with Crippen LogP contribution < -0.4 is 0 Å². The lowest BCUT2D eigenvalue weighted by Crippen LogP contribution is -2.45. The zero-order valence-corrected chi connectivity index (χ0v) is 12.8. The third kappa shape index (κ3) is 2.47. The fourth-order valence-corrected chi connectivity index (χ4v) is 3.58. The van der Waals surface area contributed by atoms with E-state index < -0.39 is 29.0 Å². The van der Waals surface area contributed by atoms with Crippen molar-refractivity contribution < 1.29 is 20.1 Å². The quantitative estimate of drug-likeness (QED) is 0.797. The predicted octanol–water partition coefficient (Wildman–Crippen LogP) is 2.61. The highest BCUT2D eigenvalue weighted by Crippen LogP contribution is 2.58. The molecule has 21 heavy (non-hydrogen) atoms. The molecule has 0 saturated heterocycles. The largest absolute Gasteiger partial charge is 0.481 e. The Morgan fingerprint density at radius 3 is 2.24 bits per heavy atom. The summed E-state index contributed by atoms with van der Waals surface area (Å²) in [6, 6.07) is 9.01. The molecular weight excluding hydrogens is 268 g/mol. The van der Waals surface area contributed by atoms with Crippen molar-refractivity contribution in [2.75, 3.05) is 0 Å². The van der Waals surface area contributed by atoms with Crippen LogP contribution in [0.2, 0.25) is 0 Å². The first-order valence-electron chi connectivity index (χ1n) is 7.36. The lowest BCUT2D eigenvalue weighted by atomic mass is 9.64. The van der Waals surface area contributed by atoms with Gasteiger partial charge in [-0.1, -0.05) is 44.2 Å². The zero-order chi connectivity index (χ0) is 15.8. The molecule has 4 atom stereocenters. The minimum atomic E-state index is -0.994. The number of benzene rings is 1. The molecule has 0 amide bonds. The van der Waals surface area contributed by atoms with Crippen molar-refractivity contribution in [3.8, 4) is 0 Å². The predicted molar refractivity (Wildman–Crippen MR) is 79.7 cm³/mol. The van der Waals surface area contributed by atoms with Gasteiger partial charge in [-0.15, -0.1) is 0 Å². The minimum absolute atomic E-state index is 0.256. The molecule has 1 saturated carbocycles. The van der Waals surface area contributed by atoms with Crippen LogP contribution in [0.15, 0.2) is 30.3 Å². The van der Waals surface area contributed by atoms with Crippen LogP contribution in [0.3, 0.4) is 0 Å². The Labute approximate surface area is 125 Å². The summed E-state index contributed by atoms with van der Waals surface area (Å²) in [5, 5.41) is 30.5. The summed E-state index contributed by atoms with van der Waals surface area (Å²) in [5.41, 5.74) is -0.812. The monoisotopic (exact) mass is 292 g/mol. The summed E-state index contributed by atoms with van der Waals surface area (Å²) in [7, 11) is 0. The smallest absolute Gasteiger partial charge is 0.309 e. The second-order valence-corrected chi connectivity index (χ2v) is 6.85. The van der Waals surface area contributed by atoms with E-state index in [1.807, 2.05) is 32.0 Å². The summed E-state index contributed by atoms with van der Waals surface area (Å²) in [6.07, 6.45) is -0.852. The van der Waals surface area contributed by atoms with Crippen LogP contribution in [0.1, 0.15) is 45.3 Å². The van der Waals surface area contributed by atoms with E-state index in [2.05, 4.69) is 0 Å². The van der Waals surface area contributed by atoms with E-state index in [-0.39, 0.29) is 5.92 Å². The van der Waals surface area contributed by atoms with Crippen molar-refractivity contribution >= 4 is 5.97 Å². The zero-order valence-electron chi connectivity index (χ0n) is 12.8. The third-order valence-corrected chi connectivity index (χ3v) is 5.65. The average molecular weight is 292 g/mol. The van der Waals surface area contributed by atoms with Crippen molar-refractivity contribution in [2.45, 2.75) is 45.8 Å². The first-order valence-corrected chi connectivity index (χ1v) is 7.36. The van der Waals surface area contributed by atoms with Crippen LogP contribution in [0.4, 0.5) is 0 Å². The molecule has 0 aliphatic heterocycles. The summed E-state index contributed by atoms with van der Waals surface area (Å²) < 4.78 is 0. The molecule has 0 aromatic heterocycles. The van der Waals surface area contributed by atoms with Gasteiger partial charge in [0.1, 0.15) is 6.10 Å². The molecule has 3 N–H and O–H groups in total. The Morgan fingerprint density at radius 1 is 1.19 bits per heavy atom. The maximum absolute atomic E-state index is 11.6. The molecule has 1 aromatic carbocycles. The summed E-state index contributed by atoms with van der Waals surface area (Å²) in [4.78, 5) is 11.6. The van der Waals surface area contributed by atoms with Crippen LogP contribution in [0.25, 0.3) is 0 Å². The highest BCUT2D eigenvalue weighted by atomic mass is 16.4. The van der Waals surface area contributed by atoms with Crippen molar-refractivity contribution in [3.05, 3.63) is 35.9 Å². The van der Waals surface area contributed by atoms with Crippen molar-refractivity contribution in [2.24, 2.45) is 16.7 Å². The molecule has 4 nitrogen and oxygen atoms in total. The highest BCUT2D eigenvalue weighted by molar-refractivity contribution is 5.75. The average Bonchev–Trinajstić information content (AvgIpc) is 2.70. The standard InChI is InChI=1S/C17H24O4/c1-16(2)12(9-10-17(16,3)15(20)21)14(19)13(18)11-7-5-4-6-8-11/h4-8,12-14,18-19H,9-10H2,1-3H3,(H,20,21)/t12-,13-,14-,17-/m1/s1. The number of aliphatic hydroxyl groups is 2. The number of carboxylic acids is 1. The summed E-state index contributed by atoms with van der Waals surface area (Å²) >= 11 is 0. The van der Waals surface area contributed by atoms with Gasteiger partial charge in [0.2, 0.25) is 0 Å². The SMILES string of the molecule is CC1(C)[C@@H]([C@@H](O)[C@H](O)c2ccccc2)CC[C@]1(C)C(=O)O. The number of rotatable bonds is 4. The normalized spacial score (nSPS) is 30.8. The Morgan fingerprint density at radius 2 is 1.76 bits per heavy atom. The lowest BCUT2D eigenvalue weighted by molar-refractivity contribution is -0.156. The molecule has 0 bridgehead atoms. The van der Waals surface area contributed by atoms with Gasteiger partial charge in [-0.05, 0) is 36.7 Å². The van der Waals surface area contributed by atoms with Crippen LogP contribution in [-0.4, -0.2) is 27.4 Å². The van der Waals surface area contributed by atoms with E-state index in [0.29, 0.717) is 18.4 Å². The van der Waals surface area contributed by atoms with Gasteiger partial charge in [0.05, 0.1) is 11.5 Å². The van der Waals surface area contributed by atoms with E-state index >= 15 is 0 Å². The van der Waals surface area contributed by atoms with Crippen molar-refractivity contribution in [1.29, 1.82) is 0 Å². The minimum Gasteiger partial charge on any atom is -0.481 e. The summed E-state index contributed by atoms with van der Waals surface area (Å²) in [6.45, 7) is 5.48. The van der Waals surface area contributed by atoms with Crippen LogP contribution in [0.5, 0.6) is 0 Å². The molecule has 1 aliphatic rings. The van der Waals surface area contributed by atoms with Crippen LogP contribution >= 0.6 is 0 Å². The molecule has 2 rings (SSSR count). The molecule has 0 spiro atoms. The topological polar surface area (TPSA) is 77.8 Å². The number of aliphatic carboxylic acids is 1. The molecule has 1 aliphatic carbocycles. The van der Waals surface area contributed by atoms with Crippen molar-refractivity contribution in [3.63, 3.8) is 0 Å². The Kier molecular flexibility index (Phi) is 4.13. The molecule has 116 valence electrons. The van der Waals surface area contributed by atoms with E-state index in [4.69, 9.17) is 0 Å². The molecule has 0 radical (unpaired) electrons. The van der Waals surface area contributed by atoms with Gasteiger partial charge < -0.3 is 15.3 Å².